The van der Waals surface area contributed by atoms with Crippen LogP contribution in [0.25, 0.3) is 0 Å². The van der Waals surface area contributed by atoms with Gasteiger partial charge in [-0.15, -0.1) is 0 Å². The lowest BCUT2D eigenvalue weighted by Gasteiger charge is -2.40. The van der Waals surface area contributed by atoms with Crippen LogP contribution in [0.1, 0.15) is 31.2 Å². The third-order valence-electron chi connectivity index (χ3n) is 3.87. The van der Waals surface area contributed by atoms with E-state index in [1.807, 2.05) is 27.7 Å². The molecule has 0 radical (unpaired) electrons. The molecule has 0 saturated carbocycles. The zero-order chi connectivity index (χ0) is 14.0. The SMILES string of the molecule is Cc1nc(CN2CCN(C(C)(C)C#N)CC2)oc1C. The number of nitriles is 1. The highest BCUT2D eigenvalue weighted by molar-refractivity contribution is 5.06. The maximum absolute atomic E-state index is 9.15. The summed E-state index contributed by atoms with van der Waals surface area (Å²) in [6.07, 6.45) is 0. The summed E-state index contributed by atoms with van der Waals surface area (Å²) in [5, 5.41) is 9.15. The van der Waals surface area contributed by atoms with Gasteiger partial charge in [0.2, 0.25) is 5.89 Å². The first-order valence-electron chi connectivity index (χ1n) is 6.74. The van der Waals surface area contributed by atoms with Gasteiger partial charge in [-0.2, -0.15) is 5.26 Å². The van der Waals surface area contributed by atoms with Gasteiger partial charge in [-0.1, -0.05) is 0 Å². The number of oxazole rings is 1. The molecular formula is C14H22N4O. The van der Waals surface area contributed by atoms with Gasteiger partial charge in [0.1, 0.15) is 11.3 Å². The van der Waals surface area contributed by atoms with Crippen molar-refractivity contribution in [2.24, 2.45) is 0 Å². The van der Waals surface area contributed by atoms with E-state index in [1.165, 1.54) is 0 Å². The normalized spacial score (nSPS) is 18.5. The summed E-state index contributed by atoms with van der Waals surface area (Å²) in [4.78, 5) is 8.97. The summed E-state index contributed by atoms with van der Waals surface area (Å²) in [5.41, 5.74) is 0.599. The number of piperazine rings is 1. The van der Waals surface area contributed by atoms with Crippen LogP contribution in [0.15, 0.2) is 4.42 Å². The molecular weight excluding hydrogens is 240 g/mol. The van der Waals surface area contributed by atoms with Gasteiger partial charge in [0.15, 0.2) is 0 Å². The molecule has 0 aliphatic carbocycles. The molecule has 0 amide bonds. The van der Waals surface area contributed by atoms with Crippen molar-refractivity contribution in [2.75, 3.05) is 26.2 Å². The second-order valence-corrected chi connectivity index (χ2v) is 5.68. The maximum atomic E-state index is 9.15. The Morgan fingerprint density at radius 3 is 2.37 bits per heavy atom. The van der Waals surface area contributed by atoms with Gasteiger partial charge < -0.3 is 4.42 Å². The Kier molecular flexibility index (Phi) is 3.93. The molecule has 0 spiro atoms. The fourth-order valence-corrected chi connectivity index (χ4v) is 2.33. The Hall–Kier alpha value is -1.38. The van der Waals surface area contributed by atoms with Crippen molar-refractivity contribution >= 4 is 0 Å². The lowest BCUT2D eigenvalue weighted by atomic mass is 10.0. The molecule has 1 fully saturated rings. The average Bonchev–Trinajstić information content (AvgIpc) is 2.69. The van der Waals surface area contributed by atoms with Crippen LogP contribution in [-0.2, 0) is 6.54 Å². The van der Waals surface area contributed by atoms with E-state index in [4.69, 9.17) is 9.68 Å². The lowest BCUT2D eigenvalue weighted by Crippen LogP contribution is -2.53. The van der Waals surface area contributed by atoms with Gasteiger partial charge in [0.25, 0.3) is 0 Å². The number of hydrogen-bond acceptors (Lipinski definition) is 5. The van der Waals surface area contributed by atoms with Crippen LogP contribution in [0.4, 0.5) is 0 Å². The van der Waals surface area contributed by atoms with Crippen molar-refractivity contribution in [1.29, 1.82) is 5.26 Å². The van der Waals surface area contributed by atoms with E-state index in [0.29, 0.717) is 0 Å². The van der Waals surface area contributed by atoms with Crippen LogP contribution >= 0.6 is 0 Å². The molecule has 0 aromatic carbocycles. The van der Waals surface area contributed by atoms with Gasteiger partial charge in [-0.05, 0) is 27.7 Å². The molecule has 19 heavy (non-hydrogen) atoms. The maximum Gasteiger partial charge on any atom is 0.208 e. The Labute approximate surface area is 114 Å². The zero-order valence-electron chi connectivity index (χ0n) is 12.2. The predicted molar refractivity (Wildman–Crippen MR) is 72.5 cm³/mol. The molecule has 1 aliphatic rings. The molecule has 1 aromatic heterocycles. The van der Waals surface area contributed by atoms with Crippen LogP contribution in [-0.4, -0.2) is 46.5 Å². The summed E-state index contributed by atoms with van der Waals surface area (Å²) in [6.45, 7) is 12.4. The van der Waals surface area contributed by atoms with E-state index in [-0.39, 0.29) is 5.54 Å². The van der Waals surface area contributed by atoms with Gasteiger partial charge in [0.05, 0.1) is 18.3 Å². The number of rotatable bonds is 3. The van der Waals surface area contributed by atoms with E-state index in [0.717, 1.165) is 50.1 Å². The molecule has 2 rings (SSSR count). The molecule has 104 valence electrons. The Morgan fingerprint density at radius 2 is 1.89 bits per heavy atom. The van der Waals surface area contributed by atoms with Crippen molar-refractivity contribution in [2.45, 2.75) is 39.8 Å². The molecule has 0 N–H and O–H groups in total. The molecule has 0 atom stereocenters. The number of aryl methyl sites for hydroxylation is 2. The van der Waals surface area contributed by atoms with Crippen LogP contribution in [0, 0.1) is 25.2 Å². The summed E-state index contributed by atoms with van der Waals surface area (Å²) in [7, 11) is 0. The summed E-state index contributed by atoms with van der Waals surface area (Å²) in [6, 6.07) is 2.36. The number of nitrogens with zero attached hydrogens (tertiary/aromatic N) is 4. The van der Waals surface area contributed by atoms with E-state index < -0.39 is 0 Å². The minimum absolute atomic E-state index is 0.373. The molecule has 1 aliphatic heterocycles. The molecule has 2 heterocycles. The highest BCUT2D eigenvalue weighted by Crippen LogP contribution is 2.17. The Bertz CT molecular complexity index is 459. The number of hydrogen-bond donors (Lipinski definition) is 0. The van der Waals surface area contributed by atoms with Crippen molar-refractivity contribution in [3.63, 3.8) is 0 Å². The van der Waals surface area contributed by atoms with Crippen LogP contribution in [0.3, 0.4) is 0 Å². The van der Waals surface area contributed by atoms with Crippen molar-refractivity contribution < 1.29 is 4.42 Å². The third-order valence-corrected chi connectivity index (χ3v) is 3.87. The Balaban J connectivity index is 1.89. The summed E-state index contributed by atoms with van der Waals surface area (Å²) < 4.78 is 5.61. The van der Waals surface area contributed by atoms with Crippen molar-refractivity contribution in [1.82, 2.24) is 14.8 Å². The minimum atomic E-state index is -0.373. The summed E-state index contributed by atoms with van der Waals surface area (Å²) >= 11 is 0. The van der Waals surface area contributed by atoms with Crippen LogP contribution < -0.4 is 0 Å². The fraction of sp³-hybridized carbons (Fsp3) is 0.714. The van der Waals surface area contributed by atoms with E-state index >= 15 is 0 Å². The highest BCUT2D eigenvalue weighted by Gasteiger charge is 2.30. The fourth-order valence-electron chi connectivity index (χ4n) is 2.33. The molecule has 1 saturated heterocycles. The molecule has 0 unspecified atom stereocenters. The van der Waals surface area contributed by atoms with Crippen molar-refractivity contribution in [3.05, 3.63) is 17.3 Å². The first-order valence-corrected chi connectivity index (χ1v) is 6.74. The van der Waals surface area contributed by atoms with E-state index in [1.54, 1.807) is 0 Å². The Morgan fingerprint density at radius 1 is 1.26 bits per heavy atom. The van der Waals surface area contributed by atoms with Gasteiger partial charge in [-0.25, -0.2) is 4.98 Å². The van der Waals surface area contributed by atoms with E-state index in [9.17, 15) is 0 Å². The van der Waals surface area contributed by atoms with Gasteiger partial charge in [-0.3, -0.25) is 9.80 Å². The average molecular weight is 262 g/mol. The van der Waals surface area contributed by atoms with Gasteiger partial charge >= 0.3 is 0 Å². The summed E-state index contributed by atoms with van der Waals surface area (Å²) in [5.74, 6) is 1.70. The van der Waals surface area contributed by atoms with Gasteiger partial charge in [0, 0.05) is 26.2 Å². The largest absolute Gasteiger partial charge is 0.444 e. The second kappa shape index (κ2) is 5.32. The topological polar surface area (TPSA) is 56.3 Å². The first-order chi connectivity index (χ1) is 8.92. The molecule has 5 heteroatoms. The smallest absolute Gasteiger partial charge is 0.208 e. The van der Waals surface area contributed by atoms with Crippen LogP contribution in [0.5, 0.6) is 0 Å². The second-order valence-electron chi connectivity index (χ2n) is 5.68. The monoisotopic (exact) mass is 262 g/mol. The quantitative estimate of drug-likeness (QED) is 0.830. The minimum Gasteiger partial charge on any atom is -0.444 e. The molecule has 5 nitrogen and oxygen atoms in total. The lowest BCUT2D eigenvalue weighted by molar-refractivity contribution is 0.0718. The molecule has 0 bridgehead atoms. The molecule has 1 aromatic rings. The van der Waals surface area contributed by atoms with Crippen LogP contribution in [0.2, 0.25) is 0 Å². The highest BCUT2D eigenvalue weighted by atomic mass is 16.4. The number of aromatic nitrogens is 1. The standard InChI is InChI=1S/C14H22N4O/c1-11-12(2)19-13(16-11)9-17-5-7-18(8-6-17)14(3,4)10-15/h5-9H2,1-4H3. The third kappa shape index (κ3) is 3.14. The van der Waals surface area contributed by atoms with E-state index in [2.05, 4.69) is 20.9 Å². The predicted octanol–water partition coefficient (Wildman–Crippen LogP) is 1.71. The van der Waals surface area contributed by atoms with Crippen molar-refractivity contribution in [3.8, 4) is 6.07 Å². The zero-order valence-corrected chi connectivity index (χ0v) is 12.2. The first kappa shape index (κ1) is 14.0.